The van der Waals surface area contributed by atoms with Gasteiger partial charge in [-0.25, -0.2) is 0 Å². The maximum absolute atomic E-state index is 11.6. The van der Waals surface area contributed by atoms with Crippen LogP contribution in [-0.2, 0) is 9.59 Å². The normalized spacial score (nSPS) is 10.1. The Morgan fingerprint density at radius 1 is 1.07 bits per heavy atom. The van der Waals surface area contributed by atoms with Crippen LogP contribution in [-0.4, -0.2) is 56.9 Å². The van der Waals surface area contributed by atoms with Crippen LogP contribution >= 0.6 is 0 Å². The summed E-state index contributed by atoms with van der Waals surface area (Å²) in [6, 6.07) is 0. The highest BCUT2D eigenvalue weighted by Gasteiger charge is 2.13. The molecule has 0 unspecified atom stereocenters. The lowest BCUT2D eigenvalue weighted by molar-refractivity contribution is -0.134. The topological polar surface area (TPSA) is 61.4 Å². The van der Waals surface area contributed by atoms with E-state index in [4.69, 9.17) is 0 Å². The molecule has 0 heterocycles. The van der Waals surface area contributed by atoms with Crippen LogP contribution in [0, 0.1) is 0 Å². The smallest absolute Gasteiger partial charge is 0.230 e. The number of Topliss-reactive ketones (excluding diaryl/α,β-unsaturated/α-hetero) is 1. The number of likely N-dealkylation sites (N-methyl/N-ethyl adjacent to an activating group) is 2. The maximum Gasteiger partial charge on any atom is 0.230 e. The molecule has 0 aliphatic heterocycles. The number of nitrogens with zero attached hydrogens (tertiary/aromatic N) is 1. The van der Waals surface area contributed by atoms with Crippen molar-refractivity contribution in [3.05, 3.63) is 0 Å². The van der Waals surface area contributed by atoms with E-state index >= 15 is 0 Å². The van der Waals surface area contributed by atoms with E-state index in [-0.39, 0.29) is 18.1 Å². The Hall–Kier alpha value is -0.940. The number of hydrogen-bond acceptors (Lipinski definition) is 4. The third-order valence-corrected chi connectivity index (χ3v) is 2.02. The van der Waals surface area contributed by atoms with Crippen molar-refractivity contribution in [1.29, 1.82) is 0 Å². The van der Waals surface area contributed by atoms with Gasteiger partial charge in [-0.05, 0) is 21.0 Å². The molecule has 15 heavy (non-hydrogen) atoms. The average Bonchev–Trinajstić information content (AvgIpc) is 2.17. The molecule has 0 bridgehead atoms. The molecule has 0 aromatic carbocycles. The Balaban J connectivity index is 4.07. The van der Waals surface area contributed by atoms with Gasteiger partial charge in [0, 0.05) is 26.2 Å². The van der Waals surface area contributed by atoms with Gasteiger partial charge in [-0.1, -0.05) is 0 Å². The predicted octanol–water partition coefficient (Wildman–Crippen LogP) is -0.767. The quantitative estimate of drug-likeness (QED) is 0.522. The van der Waals surface area contributed by atoms with E-state index in [9.17, 15) is 9.59 Å². The van der Waals surface area contributed by atoms with Gasteiger partial charge >= 0.3 is 0 Å². The molecular weight excluding hydrogens is 194 g/mol. The average molecular weight is 215 g/mol. The zero-order valence-corrected chi connectivity index (χ0v) is 9.80. The zero-order chi connectivity index (χ0) is 11.7. The molecule has 88 valence electrons. The van der Waals surface area contributed by atoms with Gasteiger partial charge < -0.3 is 15.5 Å². The van der Waals surface area contributed by atoms with Crippen molar-refractivity contribution >= 4 is 11.7 Å². The Bertz CT molecular complexity index is 199. The van der Waals surface area contributed by atoms with Gasteiger partial charge in [0.15, 0.2) is 0 Å². The van der Waals surface area contributed by atoms with Gasteiger partial charge in [0.1, 0.15) is 5.78 Å². The molecule has 0 aromatic heterocycles. The molecule has 0 spiro atoms. The van der Waals surface area contributed by atoms with Crippen LogP contribution in [0.25, 0.3) is 0 Å². The van der Waals surface area contributed by atoms with Gasteiger partial charge in [-0.3, -0.25) is 9.59 Å². The molecule has 0 aliphatic rings. The summed E-state index contributed by atoms with van der Waals surface area (Å²) < 4.78 is 0. The van der Waals surface area contributed by atoms with Crippen LogP contribution in [0.2, 0.25) is 0 Å². The van der Waals surface area contributed by atoms with E-state index < -0.39 is 0 Å². The Morgan fingerprint density at radius 2 is 1.53 bits per heavy atom. The van der Waals surface area contributed by atoms with Crippen LogP contribution in [0.15, 0.2) is 0 Å². The van der Waals surface area contributed by atoms with Crippen LogP contribution in [0.5, 0.6) is 0 Å². The maximum atomic E-state index is 11.6. The molecule has 5 nitrogen and oxygen atoms in total. The molecule has 5 heteroatoms. The molecule has 2 N–H and O–H groups in total. The van der Waals surface area contributed by atoms with Gasteiger partial charge in [0.05, 0.1) is 6.42 Å². The zero-order valence-electron chi connectivity index (χ0n) is 9.80. The largest absolute Gasteiger partial charge is 0.340 e. The highest BCUT2D eigenvalue weighted by atomic mass is 16.2. The Kier molecular flexibility index (Phi) is 7.85. The third-order valence-electron chi connectivity index (χ3n) is 2.02. The number of carbonyl (C=O) groups excluding carboxylic acids is 2. The Morgan fingerprint density at radius 3 is 1.87 bits per heavy atom. The van der Waals surface area contributed by atoms with Crippen LogP contribution in [0.3, 0.4) is 0 Å². The number of nitrogens with one attached hydrogen (secondary N) is 2. The first kappa shape index (κ1) is 14.1. The molecule has 1 amide bonds. The molecular formula is C10H21N3O2. The van der Waals surface area contributed by atoms with Crippen molar-refractivity contribution in [2.24, 2.45) is 0 Å². The van der Waals surface area contributed by atoms with Crippen molar-refractivity contribution < 1.29 is 9.59 Å². The predicted molar refractivity (Wildman–Crippen MR) is 59.7 cm³/mol. The number of ketones is 1. The van der Waals surface area contributed by atoms with E-state index in [0.717, 1.165) is 13.1 Å². The standard InChI is InChI=1S/C10H21N3O2/c1-9(14)8-10(15)13(6-4-11-2)7-5-12-3/h11-12H,4-8H2,1-3H3. The number of hydrogen-bond donors (Lipinski definition) is 2. The van der Waals surface area contributed by atoms with E-state index in [1.54, 1.807) is 4.90 Å². The lowest BCUT2D eigenvalue weighted by Gasteiger charge is -2.22. The van der Waals surface area contributed by atoms with Gasteiger partial charge in [0.2, 0.25) is 5.91 Å². The van der Waals surface area contributed by atoms with Crippen molar-refractivity contribution in [2.45, 2.75) is 13.3 Å². The van der Waals surface area contributed by atoms with Crippen molar-refractivity contribution in [3.8, 4) is 0 Å². The fraction of sp³-hybridized carbons (Fsp3) is 0.800. The van der Waals surface area contributed by atoms with Crippen LogP contribution in [0.4, 0.5) is 0 Å². The fourth-order valence-electron chi connectivity index (χ4n) is 1.18. The van der Waals surface area contributed by atoms with Gasteiger partial charge in [-0.15, -0.1) is 0 Å². The summed E-state index contributed by atoms with van der Waals surface area (Å²) in [7, 11) is 3.68. The first-order valence-electron chi connectivity index (χ1n) is 5.18. The molecule has 0 saturated heterocycles. The lowest BCUT2D eigenvalue weighted by atomic mass is 10.2. The summed E-state index contributed by atoms with van der Waals surface area (Å²) in [4.78, 5) is 24.1. The molecule has 0 aromatic rings. The summed E-state index contributed by atoms with van der Waals surface area (Å²) in [6.07, 6.45) is 0.00737. The van der Waals surface area contributed by atoms with Crippen molar-refractivity contribution in [3.63, 3.8) is 0 Å². The monoisotopic (exact) mass is 215 g/mol. The Labute approximate surface area is 91.2 Å². The molecule has 0 saturated carbocycles. The van der Waals surface area contributed by atoms with E-state index in [2.05, 4.69) is 10.6 Å². The number of carbonyl (C=O) groups is 2. The minimum absolute atomic E-state index is 0.00737. The second-order valence-corrected chi connectivity index (χ2v) is 3.47. The molecule has 0 atom stereocenters. The summed E-state index contributed by atoms with van der Waals surface area (Å²) in [5, 5.41) is 5.97. The van der Waals surface area contributed by atoms with Gasteiger partial charge in [0.25, 0.3) is 0 Å². The van der Waals surface area contributed by atoms with Gasteiger partial charge in [-0.2, -0.15) is 0 Å². The second-order valence-electron chi connectivity index (χ2n) is 3.47. The van der Waals surface area contributed by atoms with Crippen molar-refractivity contribution in [2.75, 3.05) is 40.3 Å². The highest BCUT2D eigenvalue weighted by Crippen LogP contribution is 1.94. The van der Waals surface area contributed by atoms with E-state index in [1.807, 2.05) is 14.1 Å². The van der Waals surface area contributed by atoms with Crippen LogP contribution < -0.4 is 10.6 Å². The number of amides is 1. The summed E-state index contributed by atoms with van der Waals surface area (Å²) in [5.41, 5.74) is 0. The number of rotatable bonds is 8. The van der Waals surface area contributed by atoms with E-state index in [1.165, 1.54) is 6.92 Å². The first-order valence-corrected chi connectivity index (χ1v) is 5.18. The SMILES string of the molecule is CNCCN(CCNC)C(=O)CC(C)=O. The minimum Gasteiger partial charge on any atom is -0.340 e. The molecule has 0 aliphatic carbocycles. The second kappa shape index (κ2) is 8.38. The molecule has 0 fully saturated rings. The summed E-state index contributed by atoms with van der Waals surface area (Å²) >= 11 is 0. The van der Waals surface area contributed by atoms with Crippen LogP contribution in [0.1, 0.15) is 13.3 Å². The minimum atomic E-state index is -0.0898. The third kappa shape index (κ3) is 7.04. The summed E-state index contributed by atoms with van der Waals surface area (Å²) in [6.45, 7) is 4.21. The van der Waals surface area contributed by atoms with Crippen molar-refractivity contribution in [1.82, 2.24) is 15.5 Å². The molecule has 0 radical (unpaired) electrons. The lowest BCUT2D eigenvalue weighted by Crippen LogP contribution is -2.40. The molecule has 0 rings (SSSR count). The first-order chi connectivity index (χ1) is 7.11. The van der Waals surface area contributed by atoms with E-state index in [0.29, 0.717) is 13.1 Å². The summed E-state index contributed by atoms with van der Waals surface area (Å²) in [5.74, 6) is -0.174. The fourth-order valence-corrected chi connectivity index (χ4v) is 1.18. The highest BCUT2D eigenvalue weighted by molar-refractivity contribution is 5.96.